The van der Waals surface area contributed by atoms with Crippen molar-refractivity contribution in [2.75, 3.05) is 7.11 Å². The molecule has 0 aliphatic heterocycles. The Hall–Kier alpha value is -1.38. The Morgan fingerprint density at radius 1 is 1.17 bits per heavy atom. The number of aryl methyl sites for hydroxylation is 1. The summed E-state index contributed by atoms with van der Waals surface area (Å²) in [7, 11) is 1.45. The summed E-state index contributed by atoms with van der Waals surface area (Å²) in [6, 6.07) is 1.68. The first-order valence-electron chi connectivity index (χ1n) is 3.64. The van der Waals surface area contributed by atoms with E-state index >= 15 is 0 Å². The van der Waals surface area contributed by atoms with E-state index in [9.17, 15) is 10.2 Å². The van der Waals surface area contributed by atoms with Crippen molar-refractivity contribution in [2.45, 2.75) is 13.8 Å². The van der Waals surface area contributed by atoms with Gasteiger partial charge in [0.1, 0.15) is 0 Å². The molecule has 0 aliphatic rings. The van der Waals surface area contributed by atoms with Gasteiger partial charge in [-0.1, -0.05) is 0 Å². The molecule has 1 aromatic carbocycles. The van der Waals surface area contributed by atoms with E-state index in [1.807, 2.05) is 6.92 Å². The van der Waals surface area contributed by atoms with Gasteiger partial charge in [0.05, 0.1) is 7.11 Å². The minimum Gasteiger partial charge on any atom is -0.504 e. The van der Waals surface area contributed by atoms with Crippen LogP contribution >= 0.6 is 0 Å². The van der Waals surface area contributed by atoms with Crippen LogP contribution in [0.4, 0.5) is 0 Å². The monoisotopic (exact) mass is 168 g/mol. The SMILES string of the molecule is COc1cc(C)c(C)c(O)c1O. The van der Waals surface area contributed by atoms with E-state index in [4.69, 9.17) is 4.74 Å². The first-order valence-corrected chi connectivity index (χ1v) is 3.64. The number of methoxy groups -OCH3 is 1. The number of hydrogen-bond acceptors (Lipinski definition) is 3. The van der Waals surface area contributed by atoms with E-state index in [0.717, 1.165) is 5.56 Å². The van der Waals surface area contributed by atoms with Gasteiger partial charge in [-0.05, 0) is 31.0 Å². The van der Waals surface area contributed by atoms with E-state index in [1.165, 1.54) is 7.11 Å². The van der Waals surface area contributed by atoms with Crippen LogP contribution in [0.1, 0.15) is 11.1 Å². The third-order valence-electron chi connectivity index (χ3n) is 1.97. The van der Waals surface area contributed by atoms with Crippen LogP contribution < -0.4 is 4.74 Å². The molecule has 0 fully saturated rings. The molecule has 2 N–H and O–H groups in total. The van der Waals surface area contributed by atoms with Gasteiger partial charge in [0.25, 0.3) is 0 Å². The minimum absolute atomic E-state index is 0.105. The number of phenolic OH excluding ortho intramolecular Hbond substituents is 2. The topological polar surface area (TPSA) is 49.7 Å². The molecule has 0 atom stereocenters. The van der Waals surface area contributed by atoms with Gasteiger partial charge in [0.15, 0.2) is 11.5 Å². The molecule has 3 heteroatoms. The van der Waals surface area contributed by atoms with Gasteiger partial charge in [-0.3, -0.25) is 0 Å². The normalized spacial score (nSPS) is 9.92. The number of hydrogen-bond donors (Lipinski definition) is 2. The summed E-state index contributed by atoms with van der Waals surface area (Å²) in [5.41, 5.74) is 1.57. The molecule has 0 heterocycles. The molecule has 1 aromatic rings. The molecule has 3 nitrogen and oxygen atoms in total. The lowest BCUT2D eigenvalue weighted by Gasteiger charge is -2.09. The lowest BCUT2D eigenvalue weighted by molar-refractivity contribution is 0.349. The molecule has 0 amide bonds. The van der Waals surface area contributed by atoms with Gasteiger partial charge < -0.3 is 14.9 Å². The average molecular weight is 168 g/mol. The van der Waals surface area contributed by atoms with Crippen LogP contribution in [0.3, 0.4) is 0 Å². The highest BCUT2D eigenvalue weighted by Gasteiger charge is 2.11. The average Bonchev–Trinajstić information content (AvgIpc) is 2.08. The Kier molecular flexibility index (Phi) is 2.13. The summed E-state index contributed by atoms with van der Waals surface area (Å²) in [6.45, 7) is 3.58. The van der Waals surface area contributed by atoms with Crippen molar-refractivity contribution < 1.29 is 14.9 Å². The molecular weight excluding hydrogens is 156 g/mol. The molecule has 0 saturated carbocycles. The van der Waals surface area contributed by atoms with Crippen molar-refractivity contribution in [1.82, 2.24) is 0 Å². The fraction of sp³-hybridized carbons (Fsp3) is 0.333. The molecule has 0 unspecified atom stereocenters. The molecular formula is C9H12O3. The van der Waals surface area contributed by atoms with Crippen molar-refractivity contribution >= 4 is 0 Å². The summed E-state index contributed by atoms with van der Waals surface area (Å²) >= 11 is 0. The van der Waals surface area contributed by atoms with Crippen molar-refractivity contribution in [2.24, 2.45) is 0 Å². The Bertz CT molecular complexity index is 305. The summed E-state index contributed by atoms with van der Waals surface area (Å²) in [4.78, 5) is 0. The maximum absolute atomic E-state index is 9.37. The van der Waals surface area contributed by atoms with Gasteiger partial charge in [0, 0.05) is 0 Å². The van der Waals surface area contributed by atoms with E-state index < -0.39 is 0 Å². The minimum atomic E-state index is -0.194. The molecule has 0 bridgehead atoms. The number of aromatic hydroxyl groups is 2. The highest BCUT2D eigenvalue weighted by Crippen LogP contribution is 2.39. The third-order valence-corrected chi connectivity index (χ3v) is 1.97. The maximum atomic E-state index is 9.37. The van der Waals surface area contributed by atoms with Gasteiger partial charge in [-0.15, -0.1) is 0 Å². The molecule has 1 rings (SSSR count). The van der Waals surface area contributed by atoms with Gasteiger partial charge in [-0.25, -0.2) is 0 Å². The zero-order valence-corrected chi connectivity index (χ0v) is 7.38. The quantitative estimate of drug-likeness (QED) is 0.628. The second-order valence-corrected chi connectivity index (χ2v) is 2.72. The van der Waals surface area contributed by atoms with Gasteiger partial charge >= 0.3 is 0 Å². The number of rotatable bonds is 1. The fourth-order valence-corrected chi connectivity index (χ4v) is 1.01. The van der Waals surface area contributed by atoms with Crippen LogP contribution in [-0.4, -0.2) is 17.3 Å². The van der Waals surface area contributed by atoms with Gasteiger partial charge in [0.2, 0.25) is 5.75 Å². The Labute approximate surface area is 71.2 Å². The smallest absolute Gasteiger partial charge is 0.200 e. The van der Waals surface area contributed by atoms with Crippen LogP contribution in [0.25, 0.3) is 0 Å². The number of benzene rings is 1. The largest absolute Gasteiger partial charge is 0.504 e. The van der Waals surface area contributed by atoms with Crippen LogP contribution in [0.15, 0.2) is 6.07 Å². The molecule has 0 saturated heterocycles. The van der Waals surface area contributed by atoms with Gasteiger partial charge in [-0.2, -0.15) is 0 Å². The Morgan fingerprint density at radius 2 is 1.75 bits per heavy atom. The zero-order chi connectivity index (χ0) is 9.30. The first-order chi connectivity index (χ1) is 5.57. The van der Waals surface area contributed by atoms with Crippen LogP contribution in [0.5, 0.6) is 17.2 Å². The summed E-state index contributed by atoms with van der Waals surface area (Å²) < 4.78 is 4.85. The number of phenols is 2. The van der Waals surface area contributed by atoms with Crippen molar-refractivity contribution in [3.8, 4) is 17.2 Å². The lowest BCUT2D eigenvalue weighted by atomic mass is 10.1. The van der Waals surface area contributed by atoms with Crippen molar-refractivity contribution in [3.63, 3.8) is 0 Å². The molecule has 0 spiro atoms. The third kappa shape index (κ3) is 1.18. The zero-order valence-electron chi connectivity index (χ0n) is 7.38. The van der Waals surface area contributed by atoms with Crippen molar-refractivity contribution in [1.29, 1.82) is 0 Å². The Morgan fingerprint density at radius 3 is 2.25 bits per heavy atom. The second-order valence-electron chi connectivity index (χ2n) is 2.72. The summed E-state index contributed by atoms with van der Waals surface area (Å²) in [6.07, 6.45) is 0. The van der Waals surface area contributed by atoms with Crippen LogP contribution in [-0.2, 0) is 0 Å². The fourth-order valence-electron chi connectivity index (χ4n) is 1.01. The van der Waals surface area contributed by atoms with Crippen LogP contribution in [0, 0.1) is 13.8 Å². The highest BCUT2D eigenvalue weighted by atomic mass is 16.5. The predicted octanol–water partition coefficient (Wildman–Crippen LogP) is 1.72. The predicted molar refractivity (Wildman–Crippen MR) is 45.8 cm³/mol. The Balaban J connectivity index is 3.39. The van der Waals surface area contributed by atoms with E-state index in [2.05, 4.69) is 0 Å². The molecule has 0 aromatic heterocycles. The highest BCUT2D eigenvalue weighted by molar-refractivity contribution is 5.56. The summed E-state index contributed by atoms with van der Waals surface area (Å²) in [5.74, 6) is 0.00282. The van der Waals surface area contributed by atoms with Crippen molar-refractivity contribution in [3.05, 3.63) is 17.2 Å². The molecule has 0 radical (unpaired) electrons. The van der Waals surface area contributed by atoms with E-state index in [1.54, 1.807) is 13.0 Å². The first kappa shape index (κ1) is 8.71. The van der Waals surface area contributed by atoms with Crippen LogP contribution in [0.2, 0.25) is 0 Å². The van der Waals surface area contributed by atoms with E-state index in [0.29, 0.717) is 11.3 Å². The number of ether oxygens (including phenoxy) is 1. The van der Waals surface area contributed by atoms with E-state index in [-0.39, 0.29) is 11.5 Å². The standard InChI is InChI=1S/C9H12O3/c1-5-4-7(12-3)9(11)8(10)6(5)2/h4,10-11H,1-3H3. The maximum Gasteiger partial charge on any atom is 0.200 e. The molecule has 12 heavy (non-hydrogen) atoms. The molecule has 0 aliphatic carbocycles. The lowest BCUT2D eigenvalue weighted by Crippen LogP contribution is -1.88. The summed E-state index contributed by atoms with van der Waals surface area (Å²) in [5, 5.41) is 18.7. The second kappa shape index (κ2) is 2.93. The molecule has 66 valence electrons.